The summed E-state index contributed by atoms with van der Waals surface area (Å²) in [5.41, 5.74) is 1.59. The van der Waals surface area contributed by atoms with Crippen molar-refractivity contribution >= 4 is 11.8 Å². The van der Waals surface area contributed by atoms with Crippen LogP contribution in [0.2, 0.25) is 0 Å². The third-order valence-corrected chi connectivity index (χ3v) is 7.88. The van der Waals surface area contributed by atoms with Crippen LogP contribution in [0.25, 0.3) is 0 Å². The van der Waals surface area contributed by atoms with Gasteiger partial charge in [0.15, 0.2) is 0 Å². The van der Waals surface area contributed by atoms with Crippen molar-refractivity contribution in [2.45, 2.75) is 94.8 Å². The highest BCUT2D eigenvalue weighted by Crippen LogP contribution is 2.44. The molecule has 0 aliphatic heterocycles. The molecular formula is C24H38S. The maximum atomic E-state index is 2.39. The molecule has 0 nitrogen and oxygen atoms in total. The fraction of sp³-hybridized carbons (Fsp3) is 0.750. The van der Waals surface area contributed by atoms with Gasteiger partial charge in [0.2, 0.25) is 0 Å². The van der Waals surface area contributed by atoms with E-state index in [0.29, 0.717) is 0 Å². The maximum absolute atomic E-state index is 2.39. The molecule has 2 fully saturated rings. The van der Waals surface area contributed by atoms with E-state index in [1.54, 1.807) is 5.56 Å². The zero-order valence-electron chi connectivity index (χ0n) is 16.5. The highest BCUT2D eigenvalue weighted by Gasteiger charge is 2.31. The molecule has 0 saturated heterocycles. The summed E-state index contributed by atoms with van der Waals surface area (Å²) >= 11 is 1.85. The molecule has 0 aromatic heterocycles. The molecule has 0 atom stereocenters. The lowest BCUT2D eigenvalue weighted by atomic mass is 9.68. The van der Waals surface area contributed by atoms with Gasteiger partial charge >= 0.3 is 0 Å². The Bertz CT molecular complexity index is 475. The van der Waals surface area contributed by atoms with E-state index in [1.807, 2.05) is 11.8 Å². The molecule has 25 heavy (non-hydrogen) atoms. The van der Waals surface area contributed by atoms with Gasteiger partial charge in [0.1, 0.15) is 0 Å². The van der Waals surface area contributed by atoms with Gasteiger partial charge in [-0.15, -0.1) is 11.8 Å². The van der Waals surface area contributed by atoms with Crippen molar-refractivity contribution in [3.8, 4) is 0 Å². The van der Waals surface area contributed by atoms with Crippen molar-refractivity contribution in [2.24, 2.45) is 17.8 Å². The summed E-state index contributed by atoms with van der Waals surface area (Å²) in [6, 6.07) is 9.40. The normalized spacial score (nSPS) is 30.3. The molecule has 1 aromatic rings. The first-order chi connectivity index (χ1) is 12.3. The van der Waals surface area contributed by atoms with Crippen LogP contribution < -0.4 is 0 Å². The number of thioether (sulfide) groups is 1. The van der Waals surface area contributed by atoms with Gasteiger partial charge in [-0.1, -0.05) is 57.6 Å². The second kappa shape index (κ2) is 10.0. The van der Waals surface area contributed by atoms with Crippen LogP contribution >= 0.6 is 11.8 Å². The van der Waals surface area contributed by atoms with E-state index in [0.717, 1.165) is 23.7 Å². The van der Waals surface area contributed by atoms with Gasteiger partial charge in [-0.25, -0.2) is 0 Å². The minimum Gasteiger partial charge on any atom is -0.130 e. The Morgan fingerprint density at radius 3 is 1.96 bits per heavy atom. The molecule has 0 N–H and O–H groups in total. The second-order valence-electron chi connectivity index (χ2n) is 8.66. The maximum Gasteiger partial charge on any atom is 0.00693 e. The molecule has 1 heteroatoms. The summed E-state index contributed by atoms with van der Waals surface area (Å²) in [6.45, 7) is 2.32. The van der Waals surface area contributed by atoms with Crippen LogP contribution in [0.5, 0.6) is 0 Å². The Morgan fingerprint density at radius 2 is 1.40 bits per heavy atom. The van der Waals surface area contributed by atoms with E-state index in [-0.39, 0.29) is 0 Å². The van der Waals surface area contributed by atoms with Crippen molar-refractivity contribution in [2.75, 3.05) is 6.26 Å². The Labute approximate surface area is 160 Å². The molecule has 3 rings (SSSR count). The number of unbranched alkanes of at least 4 members (excludes halogenated alkanes) is 2. The van der Waals surface area contributed by atoms with Crippen molar-refractivity contribution in [3.63, 3.8) is 0 Å². The molecule has 0 heterocycles. The van der Waals surface area contributed by atoms with Crippen LogP contribution in [0.15, 0.2) is 29.2 Å². The molecule has 2 aliphatic rings. The summed E-state index contributed by atoms with van der Waals surface area (Å²) in [5, 5.41) is 0. The lowest BCUT2D eigenvalue weighted by molar-refractivity contribution is 0.155. The molecule has 0 bridgehead atoms. The highest BCUT2D eigenvalue weighted by atomic mass is 32.2. The zero-order chi connectivity index (χ0) is 17.5. The van der Waals surface area contributed by atoms with Gasteiger partial charge < -0.3 is 0 Å². The van der Waals surface area contributed by atoms with Gasteiger partial charge in [0.05, 0.1) is 0 Å². The third kappa shape index (κ3) is 5.52. The van der Waals surface area contributed by atoms with E-state index in [2.05, 4.69) is 37.4 Å². The lowest BCUT2D eigenvalue weighted by Crippen LogP contribution is -2.25. The standard InChI is InChI=1S/C24H38S/c1-3-4-5-6-19-7-9-20(10-8-19)21-11-13-22(14-12-21)23-15-17-24(25-2)18-16-23/h15-22H,3-14H2,1-2H3. The van der Waals surface area contributed by atoms with Crippen molar-refractivity contribution in [1.29, 1.82) is 0 Å². The van der Waals surface area contributed by atoms with Crippen LogP contribution in [0.3, 0.4) is 0 Å². The Kier molecular flexibility index (Phi) is 7.77. The summed E-state index contributed by atoms with van der Waals surface area (Å²) < 4.78 is 0. The van der Waals surface area contributed by atoms with Crippen LogP contribution in [0.4, 0.5) is 0 Å². The number of hydrogen-bond donors (Lipinski definition) is 0. The molecule has 0 radical (unpaired) electrons. The zero-order valence-corrected chi connectivity index (χ0v) is 17.3. The Hall–Kier alpha value is -0.430. The third-order valence-electron chi connectivity index (χ3n) is 7.13. The van der Waals surface area contributed by atoms with Crippen LogP contribution in [-0.4, -0.2) is 6.26 Å². The first-order valence-corrected chi connectivity index (χ1v) is 12.2. The molecule has 0 spiro atoms. The number of rotatable bonds is 7. The number of benzene rings is 1. The van der Waals surface area contributed by atoms with E-state index >= 15 is 0 Å². The topological polar surface area (TPSA) is 0 Å². The Balaban J connectivity index is 1.40. The largest absolute Gasteiger partial charge is 0.130 e. The molecule has 0 amide bonds. The first kappa shape index (κ1) is 19.3. The van der Waals surface area contributed by atoms with E-state index in [9.17, 15) is 0 Å². The molecule has 140 valence electrons. The predicted octanol–water partition coefficient (Wildman–Crippen LogP) is 8.07. The van der Waals surface area contributed by atoms with Crippen molar-refractivity contribution in [1.82, 2.24) is 0 Å². The van der Waals surface area contributed by atoms with E-state index in [4.69, 9.17) is 0 Å². The van der Waals surface area contributed by atoms with Crippen molar-refractivity contribution in [3.05, 3.63) is 29.8 Å². The fourth-order valence-corrected chi connectivity index (χ4v) is 5.84. The van der Waals surface area contributed by atoms with Gasteiger partial charge in [-0.2, -0.15) is 0 Å². The molecule has 2 saturated carbocycles. The summed E-state index contributed by atoms with van der Waals surface area (Å²) in [6.07, 6.45) is 19.9. The quantitative estimate of drug-likeness (QED) is 0.351. The summed E-state index contributed by atoms with van der Waals surface area (Å²) in [7, 11) is 0. The summed E-state index contributed by atoms with van der Waals surface area (Å²) in [4.78, 5) is 1.40. The average Bonchev–Trinajstić information content (AvgIpc) is 2.69. The molecule has 0 unspecified atom stereocenters. The van der Waals surface area contributed by atoms with Gasteiger partial charge in [-0.3, -0.25) is 0 Å². The smallest absolute Gasteiger partial charge is 0.00693 e. The SMILES string of the molecule is CCCCCC1CCC(C2CCC(c3ccc(SC)cc3)CC2)CC1. The van der Waals surface area contributed by atoms with Crippen molar-refractivity contribution < 1.29 is 0 Å². The van der Waals surface area contributed by atoms with Crippen LogP contribution in [0.1, 0.15) is 95.5 Å². The average molecular weight is 359 g/mol. The minimum absolute atomic E-state index is 0.831. The van der Waals surface area contributed by atoms with E-state index < -0.39 is 0 Å². The predicted molar refractivity (Wildman–Crippen MR) is 113 cm³/mol. The first-order valence-electron chi connectivity index (χ1n) is 10.9. The van der Waals surface area contributed by atoms with Crippen LogP contribution in [-0.2, 0) is 0 Å². The molecule has 1 aromatic carbocycles. The van der Waals surface area contributed by atoms with Gasteiger partial charge in [-0.05, 0) is 86.1 Å². The summed E-state index contributed by atoms with van der Waals surface area (Å²) in [5.74, 6) is 3.99. The Morgan fingerprint density at radius 1 is 0.800 bits per heavy atom. The number of hydrogen-bond acceptors (Lipinski definition) is 1. The fourth-order valence-electron chi connectivity index (χ4n) is 5.43. The second-order valence-corrected chi connectivity index (χ2v) is 9.54. The van der Waals surface area contributed by atoms with Gasteiger partial charge in [0.25, 0.3) is 0 Å². The van der Waals surface area contributed by atoms with Gasteiger partial charge in [0, 0.05) is 4.90 Å². The molecule has 2 aliphatic carbocycles. The minimum atomic E-state index is 0.831. The highest BCUT2D eigenvalue weighted by molar-refractivity contribution is 7.98. The monoisotopic (exact) mass is 358 g/mol. The lowest BCUT2D eigenvalue weighted by Gasteiger charge is -2.38. The van der Waals surface area contributed by atoms with E-state index in [1.165, 1.54) is 81.9 Å². The van der Waals surface area contributed by atoms with Crippen LogP contribution in [0, 0.1) is 17.8 Å². The molecular weight excluding hydrogens is 320 g/mol.